The van der Waals surface area contributed by atoms with Crippen molar-refractivity contribution < 1.29 is 19.4 Å². The third kappa shape index (κ3) is 4.59. The number of benzene rings is 2. The lowest BCUT2D eigenvalue weighted by molar-refractivity contribution is 0.0698. The van der Waals surface area contributed by atoms with Crippen molar-refractivity contribution in [2.45, 2.75) is 39.7 Å². The van der Waals surface area contributed by atoms with E-state index in [9.17, 15) is 19.8 Å². The van der Waals surface area contributed by atoms with Crippen molar-refractivity contribution in [3.8, 4) is 0 Å². The first-order valence-electron chi connectivity index (χ1n) is 11.2. The lowest BCUT2D eigenvalue weighted by Gasteiger charge is -2.38. The van der Waals surface area contributed by atoms with Crippen LogP contribution in [0.25, 0.3) is 11.0 Å². The molecule has 2 heterocycles. The van der Waals surface area contributed by atoms with Gasteiger partial charge in [0.2, 0.25) is 0 Å². The number of nitrogens with zero attached hydrogens (tertiary/aromatic N) is 1. The van der Waals surface area contributed by atoms with Gasteiger partial charge in [-0.2, -0.15) is 0 Å². The summed E-state index contributed by atoms with van der Waals surface area (Å²) in [5.74, 6) is -0.482. The van der Waals surface area contributed by atoms with E-state index in [2.05, 4.69) is 17.1 Å². The molecular weight excluding hydrogens is 420 g/mol. The van der Waals surface area contributed by atoms with Crippen LogP contribution in [0, 0.1) is 12.3 Å². The molecule has 3 aromatic rings. The second-order valence-corrected chi connectivity index (χ2v) is 9.35. The first-order chi connectivity index (χ1) is 15.7. The van der Waals surface area contributed by atoms with E-state index in [4.69, 9.17) is 4.42 Å². The fraction of sp³-hybridized carbons (Fsp3) is 0.385. The van der Waals surface area contributed by atoms with Gasteiger partial charge in [-0.1, -0.05) is 25.1 Å². The molecule has 0 amide bonds. The summed E-state index contributed by atoms with van der Waals surface area (Å²) in [4.78, 5) is 26.7. The SMILES string of the molecule is Cc1cc(C(C)Nc2ccccc2C(=O)O)c2oc(N3CCC(C)(CO)CC3)cc(=O)c2c1. The Bertz CT molecular complexity index is 1240. The summed E-state index contributed by atoms with van der Waals surface area (Å²) >= 11 is 0. The van der Waals surface area contributed by atoms with Gasteiger partial charge >= 0.3 is 5.97 Å². The summed E-state index contributed by atoms with van der Waals surface area (Å²) < 4.78 is 6.31. The molecule has 1 fully saturated rings. The highest BCUT2D eigenvalue weighted by Crippen LogP contribution is 2.34. The van der Waals surface area contributed by atoms with Gasteiger partial charge in [-0.25, -0.2) is 4.79 Å². The van der Waals surface area contributed by atoms with E-state index in [0.717, 1.165) is 24.0 Å². The van der Waals surface area contributed by atoms with E-state index in [-0.39, 0.29) is 29.1 Å². The third-order valence-electron chi connectivity index (χ3n) is 6.65. The first kappa shape index (κ1) is 22.9. The number of aliphatic hydroxyl groups excluding tert-OH is 1. The summed E-state index contributed by atoms with van der Waals surface area (Å²) in [6.45, 7) is 7.47. The molecule has 1 unspecified atom stereocenters. The molecule has 7 nitrogen and oxygen atoms in total. The van der Waals surface area contributed by atoms with Crippen LogP contribution in [-0.2, 0) is 0 Å². The number of hydrogen-bond acceptors (Lipinski definition) is 6. The first-order valence-corrected chi connectivity index (χ1v) is 11.2. The molecule has 33 heavy (non-hydrogen) atoms. The standard InChI is InChI=1S/C26H30N2O5/c1-16-12-19(17(2)27-21-7-5-4-6-18(21)25(31)32)24-20(13-16)22(30)14-23(33-24)28-10-8-26(3,15-29)9-11-28/h4-7,12-14,17,27,29H,8-11,15H2,1-3H3,(H,31,32). The van der Waals surface area contributed by atoms with Crippen molar-refractivity contribution in [3.05, 3.63) is 69.4 Å². The van der Waals surface area contributed by atoms with Crippen LogP contribution in [0.4, 0.5) is 11.6 Å². The number of carboxylic acid groups (broad SMARTS) is 1. The zero-order valence-corrected chi connectivity index (χ0v) is 19.2. The van der Waals surface area contributed by atoms with Crippen LogP contribution >= 0.6 is 0 Å². The Balaban J connectivity index is 1.73. The quantitative estimate of drug-likeness (QED) is 0.505. The molecule has 0 aliphatic carbocycles. The summed E-state index contributed by atoms with van der Waals surface area (Å²) in [6.07, 6.45) is 1.63. The van der Waals surface area contributed by atoms with Gasteiger partial charge in [0.05, 0.1) is 17.0 Å². The Morgan fingerprint density at radius 1 is 1.21 bits per heavy atom. The van der Waals surface area contributed by atoms with E-state index < -0.39 is 5.97 Å². The van der Waals surface area contributed by atoms with Crippen LogP contribution in [0.5, 0.6) is 0 Å². The number of carboxylic acids is 1. The average molecular weight is 451 g/mol. The average Bonchev–Trinajstić information content (AvgIpc) is 2.79. The Kier molecular flexibility index (Phi) is 6.17. The maximum atomic E-state index is 13.0. The van der Waals surface area contributed by atoms with Crippen molar-refractivity contribution in [1.29, 1.82) is 0 Å². The molecule has 1 aromatic heterocycles. The number of para-hydroxylation sites is 1. The number of fused-ring (bicyclic) bond motifs is 1. The molecular formula is C26H30N2O5. The second-order valence-electron chi connectivity index (χ2n) is 9.35. The van der Waals surface area contributed by atoms with Crippen LogP contribution in [-0.4, -0.2) is 35.9 Å². The Morgan fingerprint density at radius 3 is 2.58 bits per heavy atom. The van der Waals surface area contributed by atoms with E-state index in [0.29, 0.717) is 35.6 Å². The molecule has 174 valence electrons. The molecule has 0 radical (unpaired) electrons. The third-order valence-corrected chi connectivity index (χ3v) is 6.65. The summed E-state index contributed by atoms with van der Waals surface area (Å²) in [5, 5.41) is 23.0. The number of anilines is 2. The number of carbonyl (C=O) groups is 1. The molecule has 1 aliphatic rings. The maximum absolute atomic E-state index is 13.0. The highest BCUT2D eigenvalue weighted by Gasteiger charge is 2.30. The van der Waals surface area contributed by atoms with Crippen molar-refractivity contribution in [2.75, 3.05) is 29.9 Å². The molecule has 0 spiro atoms. The molecule has 1 atom stereocenters. The fourth-order valence-corrected chi connectivity index (χ4v) is 4.43. The molecule has 0 saturated carbocycles. The minimum absolute atomic E-state index is 0.105. The van der Waals surface area contributed by atoms with Gasteiger partial charge in [-0.05, 0) is 55.9 Å². The number of aromatic carboxylic acids is 1. The van der Waals surface area contributed by atoms with Crippen LogP contribution in [0.3, 0.4) is 0 Å². The van der Waals surface area contributed by atoms with Gasteiger partial charge in [0.15, 0.2) is 11.3 Å². The number of aliphatic hydroxyl groups is 1. The number of nitrogens with one attached hydrogen (secondary N) is 1. The van der Waals surface area contributed by atoms with Gasteiger partial charge in [0, 0.05) is 37.0 Å². The monoisotopic (exact) mass is 450 g/mol. The molecule has 0 bridgehead atoms. The van der Waals surface area contributed by atoms with E-state index in [1.165, 1.54) is 0 Å². The number of rotatable bonds is 6. The van der Waals surface area contributed by atoms with E-state index >= 15 is 0 Å². The van der Waals surface area contributed by atoms with Crippen LogP contribution < -0.4 is 15.6 Å². The predicted octanol–water partition coefficient (Wildman–Crippen LogP) is 4.57. The highest BCUT2D eigenvalue weighted by atomic mass is 16.4. The van der Waals surface area contributed by atoms with Crippen LogP contribution in [0.15, 0.2) is 51.7 Å². The molecule has 3 N–H and O–H groups in total. The Morgan fingerprint density at radius 2 is 1.91 bits per heavy atom. The van der Waals surface area contributed by atoms with Gasteiger partial charge in [-0.3, -0.25) is 4.79 Å². The Labute approximate surface area is 192 Å². The van der Waals surface area contributed by atoms with Gasteiger partial charge < -0.3 is 24.8 Å². The highest BCUT2D eigenvalue weighted by molar-refractivity contribution is 5.94. The molecule has 4 rings (SSSR count). The van der Waals surface area contributed by atoms with Gasteiger partial charge in [-0.15, -0.1) is 0 Å². The second kappa shape index (κ2) is 8.90. The van der Waals surface area contributed by atoms with Crippen molar-refractivity contribution in [3.63, 3.8) is 0 Å². The van der Waals surface area contributed by atoms with Crippen molar-refractivity contribution >= 4 is 28.5 Å². The lowest BCUT2D eigenvalue weighted by Crippen LogP contribution is -2.40. The molecule has 1 saturated heterocycles. The number of aryl methyl sites for hydroxylation is 1. The maximum Gasteiger partial charge on any atom is 0.337 e. The lowest BCUT2D eigenvalue weighted by atomic mass is 9.81. The topological polar surface area (TPSA) is 103 Å². The zero-order valence-electron chi connectivity index (χ0n) is 19.2. The largest absolute Gasteiger partial charge is 0.478 e. The number of piperidine rings is 1. The fourth-order valence-electron chi connectivity index (χ4n) is 4.43. The van der Waals surface area contributed by atoms with Crippen molar-refractivity contribution in [1.82, 2.24) is 0 Å². The van der Waals surface area contributed by atoms with Gasteiger partial charge in [0.25, 0.3) is 0 Å². The number of hydrogen-bond donors (Lipinski definition) is 3. The minimum atomic E-state index is -1.01. The Hall–Kier alpha value is -3.32. The predicted molar refractivity (Wildman–Crippen MR) is 129 cm³/mol. The molecule has 2 aromatic carbocycles. The summed E-state index contributed by atoms with van der Waals surface area (Å²) in [5.41, 5.74) is 2.70. The summed E-state index contributed by atoms with van der Waals surface area (Å²) in [6, 6.07) is 11.8. The normalized spacial score (nSPS) is 16.5. The van der Waals surface area contributed by atoms with Gasteiger partial charge in [0.1, 0.15) is 5.58 Å². The van der Waals surface area contributed by atoms with E-state index in [1.54, 1.807) is 30.3 Å². The molecule has 1 aliphatic heterocycles. The van der Waals surface area contributed by atoms with Crippen molar-refractivity contribution in [2.24, 2.45) is 5.41 Å². The summed E-state index contributed by atoms with van der Waals surface area (Å²) in [7, 11) is 0. The van der Waals surface area contributed by atoms with E-state index in [1.807, 2.05) is 26.0 Å². The smallest absolute Gasteiger partial charge is 0.337 e. The van der Waals surface area contributed by atoms with Crippen LogP contribution in [0.1, 0.15) is 54.2 Å². The minimum Gasteiger partial charge on any atom is -0.478 e. The zero-order chi connectivity index (χ0) is 23.8. The van der Waals surface area contributed by atoms with Crippen LogP contribution in [0.2, 0.25) is 0 Å². The molecule has 7 heteroatoms.